The molecular weight excluding hydrogens is 426 g/mol. The zero-order valence-corrected chi connectivity index (χ0v) is 19.3. The molecule has 1 heterocycles. The summed E-state index contributed by atoms with van der Waals surface area (Å²) < 4.78 is 32.4. The first-order valence-corrected chi connectivity index (χ1v) is 12.3. The van der Waals surface area contributed by atoms with Crippen LogP contribution in [0.1, 0.15) is 54.1 Å². The van der Waals surface area contributed by atoms with Crippen molar-refractivity contribution in [3.8, 4) is 0 Å². The number of esters is 1. The lowest BCUT2D eigenvalue weighted by molar-refractivity contribution is -0.140. The number of sulfonamides is 1. The Morgan fingerprint density at radius 3 is 2.12 bits per heavy atom. The van der Waals surface area contributed by atoms with E-state index < -0.39 is 22.1 Å². The number of nitrogens with zero attached hydrogens (tertiary/aromatic N) is 1. The number of benzene rings is 2. The van der Waals surface area contributed by atoms with E-state index in [2.05, 4.69) is 0 Å². The van der Waals surface area contributed by atoms with Crippen molar-refractivity contribution in [2.24, 2.45) is 0 Å². The molecule has 0 saturated carbocycles. The highest BCUT2D eigenvalue weighted by Crippen LogP contribution is 2.21. The zero-order chi connectivity index (χ0) is 23.1. The van der Waals surface area contributed by atoms with E-state index in [1.165, 1.54) is 19.1 Å². The van der Waals surface area contributed by atoms with Gasteiger partial charge in [0.05, 0.1) is 4.90 Å². The molecule has 1 aliphatic heterocycles. The molecule has 0 amide bonds. The Morgan fingerprint density at radius 2 is 1.53 bits per heavy atom. The third-order valence-corrected chi connectivity index (χ3v) is 7.41. The number of rotatable bonds is 7. The van der Waals surface area contributed by atoms with E-state index in [9.17, 15) is 18.0 Å². The maximum atomic E-state index is 12.8. The number of carbonyl (C=O) groups is 2. The number of hydrogen-bond donors (Lipinski definition) is 0. The second kappa shape index (κ2) is 10.7. The van der Waals surface area contributed by atoms with Crippen LogP contribution in [0.5, 0.6) is 0 Å². The highest BCUT2D eigenvalue weighted by molar-refractivity contribution is 7.89. The summed E-state index contributed by atoms with van der Waals surface area (Å²) in [6.45, 7) is 4.57. The van der Waals surface area contributed by atoms with Crippen molar-refractivity contribution in [3.05, 3.63) is 71.3 Å². The van der Waals surface area contributed by atoms with E-state index in [4.69, 9.17) is 4.74 Å². The molecule has 0 spiro atoms. The second-order valence-electron chi connectivity index (χ2n) is 8.03. The molecule has 1 atom stereocenters. The van der Waals surface area contributed by atoms with E-state index in [0.29, 0.717) is 24.2 Å². The Hall–Kier alpha value is -2.77. The van der Waals surface area contributed by atoms with Gasteiger partial charge in [0.1, 0.15) is 0 Å². The minimum absolute atomic E-state index is 0.247. The van der Waals surface area contributed by atoms with E-state index in [1.54, 1.807) is 40.7 Å². The van der Waals surface area contributed by atoms with Gasteiger partial charge in [-0.15, -0.1) is 0 Å². The molecule has 0 bridgehead atoms. The molecule has 1 saturated heterocycles. The van der Waals surface area contributed by atoms with Gasteiger partial charge in [-0.2, -0.15) is 4.31 Å². The molecule has 6 nitrogen and oxygen atoms in total. The summed E-state index contributed by atoms with van der Waals surface area (Å²) in [6.07, 6.45) is 5.74. The van der Waals surface area contributed by atoms with Gasteiger partial charge in [-0.05, 0) is 50.5 Å². The van der Waals surface area contributed by atoms with Gasteiger partial charge < -0.3 is 4.74 Å². The summed E-state index contributed by atoms with van der Waals surface area (Å²) >= 11 is 0. The van der Waals surface area contributed by atoms with Crippen LogP contribution >= 0.6 is 0 Å². The van der Waals surface area contributed by atoms with E-state index in [1.807, 2.05) is 19.1 Å². The molecule has 7 heteroatoms. The van der Waals surface area contributed by atoms with Gasteiger partial charge in [-0.1, -0.05) is 54.8 Å². The molecule has 2 aromatic rings. The third-order valence-electron chi connectivity index (χ3n) is 5.49. The Kier molecular flexibility index (Phi) is 7.99. The first-order valence-electron chi connectivity index (χ1n) is 10.9. The third kappa shape index (κ3) is 6.14. The van der Waals surface area contributed by atoms with Crippen molar-refractivity contribution in [1.29, 1.82) is 0 Å². The van der Waals surface area contributed by atoms with Crippen LogP contribution in [-0.2, 0) is 19.6 Å². The first-order chi connectivity index (χ1) is 15.3. The number of ether oxygens (including phenoxy) is 1. The Labute approximate surface area is 189 Å². The molecule has 0 radical (unpaired) electrons. The maximum Gasteiger partial charge on any atom is 0.331 e. The summed E-state index contributed by atoms with van der Waals surface area (Å²) in [4.78, 5) is 24.8. The quantitative estimate of drug-likeness (QED) is 0.351. The Balaban J connectivity index is 1.59. The summed E-state index contributed by atoms with van der Waals surface area (Å²) in [6, 6.07) is 13.5. The second-order valence-corrected chi connectivity index (χ2v) is 9.97. The standard InChI is InChI=1S/C25H29NO5S/c1-19-7-12-22(13-8-19)25(28)20(2)31-24(27)16-11-21-9-14-23(15-10-21)32(29,30)26-17-5-3-4-6-18-26/h7-16,20H,3-6,17-18H2,1-2H3/b16-11+/t20-/m1/s1. The van der Waals surface area contributed by atoms with Gasteiger partial charge in [-0.3, -0.25) is 4.79 Å². The smallest absolute Gasteiger partial charge is 0.331 e. The lowest BCUT2D eigenvalue weighted by Gasteiger charge is -2.19. The highest BCUT2D eigenvalue weighted by atomic mass is 32.2. The van der Waals surface area contributed by atoms with Crippen molar-refractivity contribution in [1.82, 2.24) is 4.31 Å². The van der Waals surface area contributed by atoms with Crippen LogP contribution in [0.2, 0.25) is 0 Å². The van der Waals surface area contributed by atoms with Crippen LogP contribution in [0.25, 0.3) is 6.08 Å². The Morgan fingerprint density at radius 1 is 0.938 bits per heavy atom. The number of Topliss-reactive ketones (excluding diaryl/α,β-unsaturated/α-hetero) is 1. The minimum Gasteiger partial charge on any atom is -0.451 e. The highest BCUT2D eigenvalue weighted by Gasteiger charge is 2.24. The van der Waals surface area contributed by atoms with Gasteiger partial charge >= 0.3 is 5.97 Å². The largest absolute Gasteiger partial charge is 0.451 e. The van der Waals surface area contributed by atoms with Crippen molar-refractivity contribution in [3.63, 3.8) is 0 Å². The van der Waals surface area contributed by atoms with Crippen LogP contribution in [0.4, 0.5) is 0 Å². The molecule has 32 heavy (non-hydrogen) atoms. The van der Waals surface area contributed by atoms with Crippen molar-refractivity contribution in [2.45, 2.75) is 50.5 Å². The summed E-state index contributed by atoms with van der Waals surface area (Å²) in [5.41, 5.74) is 2.19. The van der Waals surface area contributed by atoms with Crippen molar-refractivity contribution < 1.29 is 22.7 Å². The number of carbonyl (C=O) groups excluding carboxylic acids is 2. The number of hydrogen-bond acceptors (Lipinski definition) is 5. The molecule has 0 unspecified atom stereocenters. The monoisotopic (exact) mass is 455 g/mol. The fourth-order valence-electron chi connectivity index (χ4n) is 3.57. The zero-order valence-electron chi connectivity index (χ0n) is 18.5. The summed E-state index contributed by atoms with van der Waals surface area (Å²) in [5, 5.41) is 0. The van der Waals surface area contributed by atoms with Crippen LogP contribution in [0, 0.1) is 6.92 Å². The summed E-state index contributed by atoms with van der Waals surface area (Å²) in [7, 11) is -3.51. The van der Waals surface area contributed by atoms with E-state index in [0.717, 1.165) is 31.2 Å². The summed E-state index contributed by atoms with van der Waals surface area (Å²) in [5.74, 6) is -0.908. The minimum atomic E-state index is -3.51. The fourth-order valence-corrected chi connectivity index (χ4v) is 5.08. The van der Waals surface area contributed by atoms with Gasteiger partial charge in [0.2, 0.25) is 15.8 Å². The lowest BCUT2D eigenvalue weighted by atomic mass is 10.1. The van der Waals surface area contributed by atoms with Crippen molar-refractivity contribution in [2.75, 3.05) is 13.1 Å². The molecule has 0 N–H and O–H groups in total. The maximum absolute atomic E-state index is 12.8. The molecule has 3 rings (SSSR count). The van der Waals surface area contributed by atoms with Crippen LogP contribution < -0.4 is 0 Å². The number of aryl methyl sites for hydroxylation is 1. The van der Waals surface area contributed by atoms with Gasteiger partial charge in [-0.25, -0.2) is 13.2 Å². The van der Waals surface area contributed by atoms with E-state index in [-0.39, 0.29) is 10.7 Å². The topological polar surface area (TPSA) is 80.8 Å². The lowest BCUT2D eigenvalue weighted by Crippen LogP contribution is -2.31. The molecular formula is C25H29NO5S. The molecule has 0 aromatic heterocycles. The molecule has 1 fully saturated rings. The van der Waals surface area contributed by atoms with E-state index >= 15 is 0 Å². The average Bonchev–Trinajstić information content (AvgIpc) is 3.08. The predicted octanol–water partition coefficient (Wildman–Crippen LogP) is 4.39. The van der Waals surface area contributed by atoms with Gasteiger partial charge in [0.25, 0.3) is 0 Å². The molecule has 2 aromatic carbocycles. The molecule has 1 aliphatic rings. The predicted molar refractivity (Wildman–Crippen MR) is 124 cm³/mol. The SMILES string of the molecule is Cc1ccc(C(=O)[C@@H](C)OC(=O)/C=C/c2ccc(S(=O)(=O)N3CCCCCC3)cc2)cc1. The number of ketones is 1. The van der Waals surface area contributed by atoms with Crippen LogP contribution in [-0.4, -0.2) is 43.7 Å². The van der Waals surface area contributed by atoms with Crippen molar-refractivity contribution >= 4 is 27.9 Å². The van der Waals surface area contributed by atoms with Gasteiger partial charge in [0.15, 0.2) is 6.10 Å². The van der Waals surface area contributed by atoms with Gasteiger partial charge in [0, 0.05) is 24.7 Å². The first kappa shape index (κ1) is 23.9. The fraction of sp³-hybridized carbons (Fsp3) is 0.360. The molecule has 0 aliphatic carbocycles. The average molecular weight is 456 g/mol. The van der Waals surface area contributed by atoms with Crippen LogP contribution in [0.3, 0.4) is 0 Å². The Bertz CT molecular complexity index is 1060. The van der Waals surface area contributed by atoms with Crippen LogP contribution in [0.15, 0.2) is 59.5 Å². The normalized spacial score (nSPS) is 16.4. The molecule has 170 valence electrons.